The third-order valence-corrected chi connectivity index (χ3v) is 3.99. The van der Waals surface area contributed by atoms with Crippen LogP contribution in [0.5, 0.6) is 5.88 Å². The maximum absolute atomic E-state index is 6.10. The fourth-order valence-corrected chi connectivity index (χ4v) is 2.88. The largest absolute Gasteiger partial charge is 0.474 e. The van der Waals surface area contributed by atoms with Gasteiger partial charge in [-0.05, 0) is 30.6 Å². The standard InChI is InChI=1S/C14H24N4O/c1-9(2)11-5-4-10(3)8-12(11)19-13-6-7-16-14(17-13)18-15/h6-7,9-12H,4-5,8,15H2,1-3H3,(H,16,17,18). The van der Waals surface area contributed by atoms with Crippen LogP contribution in [-0.2, 0) is 0 Å². The van der Waals surface area contributed by atoms with E-state index in [1.54, 1.807) is 12.3 Å². The molecule has 0 aromatic carbocycles. The number of hydrogen-bond acceptors (Lipinski definition) is 5. The molecule has 0 saturated heterocycles. The van der Waals surface area contributed by atoms with Crippen LogP contribution in [0.2, 0.25) is 0 Å². The average Bonchev–Trinajstić information content (AvgIpc) is 2.38. The molecule has 0 aliphatic heterocycles. The molecule has 19 heavy (non-hydrogen) atoms. The molecular weight excluding hydrogens is 240 g/mol. The Kier molecular flexibility index (Phi) is 4.58. The van der Waals surface area contributed by atoms with E-state index in [0.29, 0.717) is 29.6 Å². The molecule has 0 radical (unpaired) electrons. The zero-order chi connectivity index (χ0) is 13.8. The summed E-state index contributed by atoms with van der Waals surface area (Å²) >= 11 is 0. The fourth-order valence-electron chi connectivity index (χ4n) is 2.88. The Morgan fingerprint density at radius 1 is 1.42 bits per heavy atom. The van der Waals surface area contributed by atoms with Gasteiger partial charge < -0.3 is 4.74 Å². The molecule has 0 spiro atoms. The highest BCUT2D eigenvalue weighted by molar-refractivity contribution is 5.25. The molecule has 3 unspecified atom stereocenters. The summed E-state index contributed by atoms with van der Waals surface area (Å²) in [5.74, 6) is 8.26. The van der Waals surface area contributed by atoms with E-state index in [4.69, 9.17) is 10.6 Å². The molecule has 1 aromatic rings. The Bertz CT molecular complexity index is 410. The molecule has 3 atom stereocenters. The molecule has 1 aromatic heterocycles. The number of nitrogen functional groups attached to an aromatic ring is 1. The van der Waals surface area contributed by atoms with Crippen LogP contribution in [0, 0.1) is 17.8 Å². The van der Waals surface area contributed by atoms with E-state index in [-0.39, 0.29) is 6.10 Å². The summed E-state index contributed by atoms with van der Waals surface area (Å²) in [5, 5.41) is 0. The van der Waals surface area contributed by atoms with Gasteiger partial charge >= 0.3 is 0 Å². The zero-order valence-electron chi connectivity index (χ0n) is 12.0. The Labute approximate surface area is 114 Å². The lowest BCUT2D eigenvalue weighted by atomic mass is 9.75. The van der Waals surface area contributed by atoms with Crippen LogP contribution >= 0.6 is 0 Å². The van der Waals surface area contributed by atoms with Gasteiger partial charge in [0, 0.05) is 12.3 Å². The molecule has 1 fully saturated rings. The monoisotopic (exact) mass is 264 g/mol. The van der Waals surface area contributed by atoms with Crippen LogP contribution in [-0.4, -0.2) is 16.1 Å². The summed E-state index contributed by atoms with van der Waals surface area (Å²) in [4.78, 5) is 8.23. The van der Waals surface area contributed by atoms with Crippen LogP contribution in [0.15, 0.2) is 12.3 Å². The predicted molar refractivity (Wildman–Crippen MR) is 75.6 cm³/mol. The third kappa shape index (κ3) is 3.56. The summed E-state index contributed by atoms with van der Waals surface area (Å²) in [6.07, 6.45) is 5.52. The second-order valence-electron chi connectivity index (χ2n) is 5.85. The van der Waals surface area contributed by atoms with E-state index in [9.17, 15) is 0 Å². The van der Waals surface area contributed by atoms with Gasteiger partial charge in [-0.3, -0.25) is 5.43 Å². The number of anilines is 1. The van der Waals surface area contributed by atoms with Crippen LogP contribution in [0.4, 0.5) is 5.95 Å². The molecule has 3 N–H and O–H groups in total. The van der Waals surface area contributed by atoms with Crippen molar-refractivity contribution in [1.29, 1.82) is 0 Å². The first-order valence-corrected chi connectivity index (χ1v) is 7.06. The lowest BCUT2D eigenvalue weighted by Gasteiger charge is -2.36. The van der Waals surface area contributed by atoms with Crippen molar-refractivity contribution in [3.05, 3.63) is 12.3 Å². The minimum Gasteiger partial charge on any atom is -0.474 e. The number of hydrogen-bond donors (Lipinski definition) is 2. The van der Waals surface area contributed by atoms with Crippen molar-refractivity contribution in [3.63, 3.8) is 0 Å². The first-order valence-electron chi connectivity index (χ1n) is 7.06. The molecule has 1 aliphatic carbocycles. The van der Waals surface area contributed by atoms with Crippen LogP contribution in [0.3, 0.4) is 0 Å². The zero-order valence-corrected chi connectivity index (χ0v) is 12.0. The van der Waals surface area contributed by atoms with Crippen molar-refractivity contribution in [3.8, 4) is 5.88 Å². The van der Waals surface area contributed by atoms with Crippen molar-refractivity contribution in [2.75, 3.05) is 5.43 Å². The van der Waals surface area contributed by atoms with E-state index in [2.05, 4.69) is 36.2 Å². The van der Waals surface area contributed by atoms with E-state index < -0.39 is 0 Å². The number of aromatic nitrogens is 2. The molecule has 1 saturated carbocycles. The van der Waals surface area contributed by atoms with Crippen molar-refractivity contribution in [2.45, 2.75) is 46.1 Å². The van der Waals surface area contributed by atoms with E-state index >= 15 is 0 Å². The van der Waals surface area contributed by atoms with E-state index in [1.807, 2.05) is 0 Å². The first-order chi connectivity index (χ1) is 9.10. The second-order valence-corrected chi connectivity index (χ2v) is 5.85. The van der Waals surface area contributed by atoms with Gasteiger partial charge in [0.2, 0.25) is 11.8 Å². The smallest absolute Gasteiger partial charge is 0.240 e. The number of nitrogens with two attached hydrogens (primary N) is 1. The highest BCUT2D eigenvalue weighted by Gasteiger charge is 2.32. The molecule has 0 amide bonds. The van der Waals surface area contributed by atoms with Gasteiger partial charge in [-0.2, -0.15) is 4.98 Å². The average molecular weight is 264 g/mol. The number of ether oxygens (including phenoxy) is 1. The molecule has 1 heterocycles. The number of nitrogens with zero attached hydrogens (tertiary/aromatic N) is 2. The Hall–Kier alpha value is -1.36. The maximum Gasteiger partial charge on any atom is 0.240 e. The summed E-state index contributed by atoms with van der Waals surface area (Å²) in [6.45, 7) is 6.83. The second kappa shape index (κ2) is 6.19. The SMILES string of the molecule is CC1CCC(C(C)C)C(Oc2ccnc(NN)n2)C1. The highest BCUT2D eigenvalue weighted by Crippen LogP contribution is 2.35. The lowest BCUT2D eigenvalue weighted by Crippen LogP contribution is -2.36. The number of rotatable bonds is 4. The predicted octanol–water partition coefficient (Wildman–Crippen LogP) is 2.60. The van der Waals surface area contributed by atoms with Gasteiger partial charge in [-0.15, -0.1) is 0 Å². The van der Waals surface area contributed by atoms with E-state index in [1.165, 1.54) is 12.8 Å². The molecule has 106 valence electrons. The first kappa shape index (κ1) is 14.1. The third-order valence-electron chi connectivity index (χ3n) is 3.99. The normalized spacial score (nSPS) is 27.3. The quantitative estimate of drug-likeness (QED) is 0.646. The molecule has 0 bridgehead atoms. The minimum absolute atomic E-state index is 0.240. The van der Waals surface area contributed by atoms with Crippen LogP contribution in [0.25, 0.3) is 0 Å². The van der Waals surface area contributed by atoms with Crippen molar-refractivity contribution < 1.29 is 4.74 Å². The topological polar surface area (TPSA) is 73.1 Å². The van der Waals surface area contributed by atoms with Gasteiger partial charge in [0.05, 0.1) is 0 Å². The molecule has 1 aliphatic rings. The van der Waals surface area contributed by atoms with Crippen molar-refractivity contribution >= 4 is 5.95 Å². The Balaban J connectivity index is 2.09. The minimum atomic E-state index is 0.240. The highest BCUT2D eigenvalue weighted by atomic mass is 16.5. The van der Waals surface area contributed by atoms with Gasteiger partial charge in [-0.25, -0.2) is 10.8 Å². The van der Waals surface area contributed by atoms with Crippen LogP contribution < -0.4 is 16.0 Å². The Morgan fingerprint density at radius 3 is 2.89 bits per heavy atom. The summed E-state index contributed by atoms with van der Waals surface area (Å²) in [7, 11) is 0. The number of hydrazine groups is 1. The van der Waals surface area contributed by atoms with Gasteiger partial charge in [-0.1, -0.05) is 27.2 Å². The van der Waals surface area contributed by atoms with E-state index in [0.717, 1.165) is 6.42 Å². The number of nitrogens with one attached hydrogen (secondary N) is 1. The fraction of sp³-hybridized carbons (Fsp3) is 0.714. The van der Waals surface area contributed by atoms with Gasteiger partial charge in [0.15, 0.2) is 0 Å². The Morgan fingerprint density at radius 2 is 2.21 bits per heavy atom. The molecule has 5 nitrogen and oxygen atoms in total. The molecule has 5 heteroatoms. The summed E-state index contributed by atoms with van der Waals surface area (Å²) < 4.78 is 6.10. The maximum atomic E-state index is 6.10. The summed E-state index contributed by atoms with van der Waals surface area (Å²) in [5.41, 5.74) is 2.45. The van der Waals surface area contributed by atoms with Crippen molar-refractivity contribution in [2.24, 2.45) is 23.6 Å². The van der Waals surface area contributed by atoms with Crippen molar-refractivity contribution in [1.82, 2.24) is 9.97 Å². The van der Waals surface area contributed by atoms with Gasteiger partial charge in [0.25, 0.3) is 0 Å². The van der Waals surface area contributed by atoms with Gasteiger partial charge in [0.1, 0.15) is 6.10 Å². The lowest BCUT2D eigenvalue weighted by molar-refractivity contribution is 0.0426. The molecular formula is C14H24N4O. The van der Waals surface area contributed by atoms with Crippen LogP contribution in [0.1, 0.15) is 40.0 Å². The summed E-state index contributed by atoms with van der Waals surface area (Å²) in [6, 6.07) is 1.79. The molecule has 2 rings (SSSR count).